The second-order valence-corrected chi connectivity index (χ2v) is 6.12. The number of hydrogen-bond donors (Lipinski definition) is 1. The van der Waals surface area contributed by atoms with Crippen LogP contribution in [0.1, 0.15) is 30.0 Å². The van der Waals surface area contributed by atoms with E-state index < -0.39 is 0 Å². The molecule has 0 aliphatic heterocycles. The van der Waals surface area contributed by atoms with Crippen molar-refractivity contribution in [1.82, 2.24) is 5.32 Å². The molecule has 110 valence electrons. The van der Waals surface area contributed by atoms with Crippen LogP contribution in [0.25, 0.3) is 0 Å². The van der Waals surface area contributed by atoms with Crippen molar-refractivity contribution in [3.05, 3.63) is 63.6 Å². The molecular weight excluding hydrogens is 305 g/mol. The van der Waals surface area contributed by atoms with Crippen molar-refractivity contribution in [2.45, 2.75) is 25.0 Å². The van der Waals surface area contributed by atoms with Crippen LogP contribution in [0.5, 0.6) is 5.75 Å². The predicted octanol–water partition coefficient (Wildman–Crippen LogP) is 4.84. The summed E-state index contributed by atoms with van der Waals surface area (Å²) in [4.78, 5) is 0. The van der Waals surface area contributed by atoms with E-state index in [4.69, 9.17) is 27.9 Å². The molecule has 1 fully saturated rings. The van der Waals surface area contributed by atoms with E-state index >= 15 is 0 Å². The number of halogens is 2. The fourth-order valence-electron chi connectivity index (χ4n) is 2.35. The van der Waals surface area contributed by atoms with Gasteiger partial charge in [-0.05, 0) is 61.3 Å². The van der Waals surface area contributed by atoms with Crippen molar-refractivity contribution in [2.24, 2.45) is 0 Å². The molecule has 1 aliphatic rings. The molecule has 0 radical (unpaired) electrons. The van der Waals surface area contributed by atoms with Gasteiger partial charge in [0, 0.05) is 10.0 Å². The van der Waals surface area contributed by atoms with E-state index in [1.54, 1.807) is 6.07 Å². The third kappa shape index (κ3) is 3.52. The molecular formula is C17H17Cl2NO. The van der Waals surface area contributed by atoms with Crippen molar-refractivity contribution in [3.63, 3.8) is 0 Å². The Morgan fingerprint density at radius 2 is 1.81 bits per heavy atom. The summed E-state index contributed by atoms with van der Waals surface area (Å²) in [5.41, 5.74) is 2.10. The minimum absolute atomic E-state index is 0.00572. The lowest BCUT2D eigenvalue weighted by Gasteiger charge is -2.19. The molecule has 0 amide bonds. The van der Waals surface area contributed by atoms with Crippen LogP contribution in [0.15, 0.2) is 42.5 Å². The zero-order chi connectivity index (χ0) is 14.8. The molecule has 2 aromatic rings. The number of nitrogens with one attached hydrogen (secondary N) is 1. The van der Waals surface area contributed by atoms with Crippen LogP contribution in [0, 0.1) is 0 Å². The number of rotatable bonds is 5. The van der Waals surface area contributed by atoms with Crippen molar-refractivity contribution >= 4 is 23.2 Å². The number of ether oxygens (including phenoxy) is 1. The highest BCUT2D eigenvalue weighted by Gasteiger charge is 2.23. The van der Waals surface area contributed by atoms with E-state index in [0.717, 1.165) is 16.9 Å². The Bertz CT molecular complexity index is 623. The maximum atomic E-state index is 6.30. The monoisotopic (exact) mass is 321 g/mol. The Balaban J connectivity index is 1.86. The van der Waals surface area contributed by atoms with Gasteiger partial charge >= 0.3 is 0 Å². The summed E-state index contributed by atoms with van der Waals surface area (Å²) in [7, 11) is 1.91. The quantitative estimate of drug-likeness (QED) is 0.850. The van der Waals surface area contributed by atoms with Gasteiger partial charge in [0.2, 0.25) is 0 Å². The van der Waals surface area contributed by atoms with Gasteiger partial charge in [0.1, 0.15) is 5.75 Å². The molecule has 0 bridgehead atoms. The Labute approximate surface area is 135 Å². The zero-order valence-corrected chi connectivity index (χ0v) is 13.3. The zero-order valence-electron chi connectivity index (χ0n) is 11.8. The molecule has 2 aromatic carbocycles. The maximum absolute atomic E-state index is 6.30. The van der Waals surface area contributed by atoms with Crippen LogP contribution in [0.3, 0.4) is 0 Å². The van der Waals surface area contributed by atoms with Crippen LogP contribution in [-0.4, -0.2) is 13.2 Å². The van der Waals surface area contributed by atoms with Gasteiger partial charge in [-0.25, -0.2) is 0 Å². The van der Waals surface area contributed by atoms with Gasteiger partial charge < -0.3 is 10.1 Å². The summed E-state index contributed by atoms with van der Waals surface area (Å²) < 4.78 is 5.77. The number of hydrogen-bond acceptors (Lipinski definition) is 2. The first-order chi connectivity index (χ1) is 10.2. The first-order valence-electron chi connectivity index (χ1n) is 7.06. The largest absolute Gasteiger partial charge is 0.490 e. The van der Waals surface area contributed by atoms with Crippen molar-refractivity contribution in [1.29, 1.82) is 0 Å². The summed E-state index contributed by atoms with van der Waals surface area (Å²) in [5.74, 6) is 0.924. The summed E-state index contributed by atoms with van der Waals surface area (Å²) in [6.07, 6.45) is 2.75. The average Bonchev–Trinajstić information content (AvgIpc) is 3.29. The lowest BCUT2D eigenvalue weighted by molar-refractivity contribution is 0.303. The van der Waals surface area contributed by atoms with E-state index in [2.05, 4.69) is 17.4 Å². The Kier molecular flexibility index (Phi) is 4.39. The standard InChI is InChI=1S/C17H17Cl2NO/c1-20-17(15-10-12(18)4-9-16(15)19)11-2-5-13(6-3-11)21-14-7-8-14/h2-6,9-10,14,17,20H,7-8H2,1H3. The molecule has 1 atom stereocenters. The molecule has 1 N–H and O–H groups in total. The molecule has 0 heterocycles. The Hall–Kier alpha value is -1.22. The molecule has 21 heavy (non-hydrogen) atoms. The highest BCUT2D eigenvalue weighted by atomic mass is 35.5. The van der Waals surface area contributed by atoms with Gasteiger partial charge in [0.25, 0.3) is 0 Å². The molecule has 1 unspecified atom stereocenters. The van der Waals surface area contributed by atoms with Crippen LogP contribution in [-0.2, 0) is 0 Å². The van der Waals surface area contributed by atoms with E-state index in [0.29, 0.717) is 16.1 Å². The highest BCUT2D eigenvalue weighted by molar-refractivity contribution is 6.33. The SMILES string of the molecule is CNC(c1ccc(OC2CC2)cc1)c1cc(Cl)ccc1Cl. The lowest BCUT2D eigenvalue weighted by Crippen LogP contribution is -2.18. The summed E-state index contributed by atoms with van der Waals surface area (Å²) in [5, 5.41) is 4.68. The van der Waals surface area contributed by atoms with Crippen LogP contribution in [0.4, 0.5) is 0 Å². The van der Waals surface area contributed by atoms with Crippen molar-refractivity contribution < 1.29 is 4.74 Å². The smallest absolute Gasteiger partial charge is 0.119 e. The first kappa shape index (κ1) is 14.7. The van der Waals surface area contributed by atoms with E-state index in [1.165, 1.54) is 12.8 Å². The molecule has 0 saturated heterocycles. The molecule has 4 heteroatoms. The minimum Gasteiger partial charge on any atom is -0.490 e. The van der Waals surface area contributed by atoms with Crippen LogP contribution in [0.2, 0.25) is 10.0 Å². The summed E-state index contributed by atoms with van der Waals surface area (Å²) >= 11 is 12.4. The average molecular weight is 322 g/mol. The van der Waals surface area contributed by atoms with Gasteiger partial charge in [-0.15, -0.1) is 0 Å². The fourth-order valence-corrected chi connectivity index (χ4v) is 2.76. The lowest BCUT2D eigenvalue weighted by atomic mass is 9.99. The highest BCUT2D eigenvalue weighted by Crippen LogP contribution is 2.32. The predicted molar refractivity (Wildman–Crippen MR) is 87.5 cm³/mol. The van der Waals surface area contributed by atoms with E-state index in [1.807, 2.05) is 31.3 Å². The molecule has 1 saturated carbocycles. The topological polar surface area (TPSA) is 21.3 Å². The fraction of sp³-hybridized carbons (Fsp3) is 0.294. The van der Waals surface area contributed by atoms with E-state index in [-0.39, 0.29) is 6.04 Å². The second-order valence-electron chi connectivity index (χ2n) is 5.27. The third-order valence-electron chi connectivity index (χ3n) is 3.60. The van der Waals surface area contributed by atoms with Gasteiger partial charge in [-0.1, -0.05) is 35.3 Å². The van der Waals surface area contributed by atoms with Crippen LogP contribution < -0.4 is 10.1 Å². The summed E-state index contributed by atoms with van der Waals surface area (Å²) in [6, 6.07) is 13.7. The molecule has 1 aliphatic carbocycles. The normalized spacial score (nSPS) is 15.8. The van der Waals surface area contributed by atoms with Crippen molar-refractivity contribution in [3.8, 4) is 5.75 Å². The summed E-state index contributed by atoms with van der Waals surface area (Å²) in [6.45, 7) is 0. The Morgan fingerprint density at radius 1 is 1.10 bits per heavy atom. The Morgan fingerprint density at radius 3 is 2.43 bits per heavy atom. The molecule has 0 aromatic heterocycles. The second kappa shape index (κ2) is 6.27. The molecule has 0 spiro atoms. The third-order valence-corrected chi connectivity index (χ3v) is 4.18. The maximum Gasteiger partial charge on any atom is 0.119 e. The molecule has 2 nitrogen and oxygen atoms in total. The van der Waals surface area contributed by atoms with Gasteiger partial charge in [0.15, 0.2) is 0 Å². The van der Waals surface area contributed by atoms with Gasteiger partial charge in [0.05, 0.1) is 12.1 Å². The minimum atomic E-state index is 0.00572. The van der Waals surface area contributed by atoms with Gasteiger partial charge in [-0.3, -0.25) is 0 Å². The van der Waals surface area contributed by atoms with Gasteiger partial charge in [-0.2, -0.15) is 0 Å². The van der Waals surface area contributed by atoms with E-state index in [9.17, 15) is 0 Å². The first-order valence-corrected chi connectivity index (χ1v) is 7.82. The number of benzene rings is 2. The molecule has 3 rings (SSSR count). The van der Waals surface area contributed by atoms with Crippen molar-refractivity contribution in [2.75, 3.05) is 7.05 Å². The van der Waals surface area contributed by atoms with Crippen LogP contribution >= 0.6 is 23.2 Å².